The van der Waals surface area contributed by atoms with E-state index in [2.05, 4.69) is 6.58 Å². The van der Waals surface area contributed by atoms with E-state index in [1.807, 2.05) is 0 Å². The summed E-state index contributed by atoms with van der Waals surface area (Å²) in [5, 5.41) is 9.54. The van der Waals surface area contributed by atoms with Crippen LogP contribution in [-0.2, 0) is 14.3 Å². The number of aliphatic hydroxyl groups is 1. The third kappa shape index (κ3) is 5.02. The second-order valence-electron chi connectivity index (χ2n) is 4.93. The van der Waals surface area contributed by atoms with Gasteiger partial charge in [-0.25, -0.2) is 4.79 Å². The number of ether oxygens (including phenoxy) is 2. The third-order valence-electron chi connectivity index (χ3n) is 3.06. The first-order valence-corrected chi connectivity index (χ1v) is 7.11. The van der Waals surface area contributed by atoms with Gasteiger partial charge in [0, 0.05) is 34.1 Å². The van der Waals surface area contributed by atoms with Gasteiger partial charge in [-0.2, -0.15) is 0 Å². The molecule has 0 aromatic carbocycles. The lowest BCUT2D eigenvalue weighted by molar-refractivity contribution is -0.165. The highest BCUT2D eigenvalue weighted by molar-refractivity contribution is 6.14. The number of carbonyl (C=O) groups is 1. The molecule has 0 aromatic heterocycles. The quantitative estimate of drug-likeness (QED) is 0.337. The Labute approximate surface area is 105 Å². The molecule has 98 valence electrons. The van der Waals surface area contributed by atoms with Gasteiger partial charge >= 0.3 is 5.97 Å². The van der Waals surface area contributed by atoms with Gasteiger partial charge in [0.1, 0.15) is 0 Å². The monoisotopic (exact) mass is 258 g/mol. The molecule has 1 rings (SSSR count). The lowest BCUT2D eigenvalue weighted by Crippen LogP contribution is -2.38. The van der Waals surface area contributed by atoms with Crippen LogP contribution in [0.25, 0.3) is 0 Å². The number of esters is 1. The van der Waals surface area contributed by atoms with Crippen molar-refractivity contribution in [2.75, 3.05) is 6.61 Å². The summed E-state index contributed by atoms with van der Waals surface area (Å²) in [6.45, 7) is 5.84. The van der Waals surface area contributed by atoms with Crippen LogP contribution in [-0.4, -0.2) is 39.4 Å². The number of hydrogen-bond acceptors (Lipinski definition) is 4. The van der Waals surface area contributed by atoms with Crippen LogP contribution < -0.4 is 0 Å². The van der Waals surface area contributed by atoms with E-state index in [0.29, 0.717) is 12.0 Å². The molecule has 4 nitrogen and oxygen atoms in total. The lowest BCUT2D eigenvalue weighted by Gasteiger charge is -2.34. The van der Waals surface area contributed by atoms with Crippen LogP contribution in [0.3, 0.4) is 0 Å². The molecule has 2 atom stereocenters. The Morgan fingerprint density at radius 2 is 2.35 bits per heavy atom. The first-order valence-electron chi connectivity index (χ1n) is 6.11. The summed E-state index contributed by atoms with van der Waals surface area (Å²) < 4.78 is 10.6. The predicted molar refractivity (Wildman–Crippen MR) is 68.6 cm³/mol. The molecule has 2 unspecified atom stereocenters. The standard InChI is InChI=1S/C12H22O4Si/c1-9(2)11(14)16-10(13)5-7-12(17)6-3-4-8-15-12/h10,13H,1,3-8H2,2,17H3. The van der Waals surface area contributed by atoms with Crippen molar-refractivity contribution in [3.8, 4) is 0 Å². The second-order valence-corrected chi connectivity index (χ2v) is 6.76. The van der Waals surface area contributed by atoms with E-state index in [4.69, 9.17) is 9.47 Å². The van der Waals surface area contributed by atoms with Crippen molar-refractivity contribution < 1.29 is 19.4 Å². The van der Waals surface area contributed by atoms with Crippen LogP contribution in [0.15, 0.2) is 12.2 Å². The largest absolute Gasteiger partial charge is 0.433 e. The first kappa shape index (κ1) is 14.4. The zero-order valence-corrected chi connectivity index (χ0v) is 12.7. The summed E-state index contributed by atoms with van der Waals surface area (Å²) in [6.07, 6.45) is 3.50. The van der Waals surface area contributed by atoms with Crippen molar-refractivity contribution in [3.05, 3.63) is 12.2 Å². The van der Waals surface area contributed by atoms with Crippen LogP contribution in [0.1, 0.15) is 39.0 Å². The minimum atomic E-state index is -1.05. The third-order valence-corrected chi connectivity index (χ3v) is 4.35. The fraction of sp³-hybridized carbons (Fsp3) is 0.750. The Hall–Kier alpha value is -0.653. The molecular formula is C12H22O4Si. The summed E-state index contributed by atoms with van der Waals surface area (Å²) in [6, 6.07) is 0. The highest BCUT2D eigenvalue weighted by Gasteiger charge is 2.28. The van der Waals surface area contributed by atoms with Crippen molar-refractivity contribution >= 4 is 16.2 Å². The topological polar surface area (TPSA) is 55.8 Å². The van der Waals surface area contributed by atoms with Gasteiger partial charge in [0.15, 0.2) is 0 Å². The van der Waals surface area contributed by atoms with Crippen molar-refractivity contribution in [1.29, 1.82) is 0 Å². The molecule has 17 heavy (non-hydrogen) atoms. The molecule has 5 heteroatoms. The SMILES string of the molecule is C=C(C)C(=O)OC(O)CCC1([SiH3])CCCCO1. The summed E-state index contributed by atoms with van der Waals surface area (Å²) in [5.74, 6) is -0.538. The average molecular weight is 258 g/mol. The number of hydrogen-bond donors (Lipinski definition) is 1. The smallest absolute Gasteiger partial charge is 0.335 e. The number of aliphatic hydroxyl groups excluding tert-OH is 1. The molecule has 1 aliphatic heterocycles. The molecule has 0 spiro atoms. The fourth-order valence-electron chi connectivity index (χ4n) is 1.90. The maximum Gasteiger partial charge on any atom is 0.335 e. The van der Waals surface area contributed by atoms with Gasteiger partial charge in [0.25, 0.3) is 0 Å². The van der Waals surface area contributed by atoms with Crippen molar-refractivity contribution in [3.63, 3.8) is 0 Å². The van der Waals surface area contributed by atoms with Gasteiger partial charge in [-0.1, -0.05) is 6.58 Å². The fourth-order valence-corrected chi connectivity index (χ4v) is 2.75. The van der Waals surface area contributed by atoms with E-state index in [1.165, 1.54) is 6.42 Å². The van der Waals surface area contributed by atoms with Crippen LogP contribution in [0.5, 0.6) is 0 Å². The van der Waals surface area contributed by atoms with Crippen molar-refractivity contribution in [2.24, 2.45) is 0 Å². The van der Waals surface area contributed by atoms with E-state index in [-0.39, 0.29) is 5.22 Å². The van der Waals surface area contributed by atoms with Crippen molar-refractivity contribution in [1.82, 2.24) is 0 Å². The Kier molecular flexibility index (Phi) is 5.36. The van der Waals surface area contributed by atoms with Crippen LogP contribution >= 0.6 is 0 Å². The van der Waals surface area contributed by atoms with Crippen LogP contribution in [0, 0.1) is 0 Å². The summed E-state index contributed by atoms with van der Waals surface area (Å²) in [5.41, 5.74) is 0.304. The number of rotatable bonds is 5. The lowest BCUT2D eigenvalue weighted by atomic mass is 10.0. The molecule has 0 aliphatic carbocycles. The summed E-state index contributed by atoms with van der Waals surface area (Å²) in [7, 11) is 0.940. The van der Waals surface area contributed by atoms with Gasteiger partial charge in [0.05, 0.1) is 0 Å². The minimum absolute atomic E-state index is 0.0468. The predicted octanol–water partition coefficient (Wildman–Crippen LogP) is 0.466. The van der Waals surface area contributed by atoms with E-state index in [9.17, 15) is 9.90 Å². The molecule has 1 saturated heterocycles. The van der Waals surface area contributed by atoms with Gasteiger partial charge in [-0.05, 0) is 32.6 Å². The van der Waals surface area contributed by atoms with Gasteiger partial charge < -0.3 is 14.6 Å². The van der Waals surface area contributed by atoms with Crippen molar-refractivity contribution in [2.45, 2.75) is 50.5 Å². The molecule has 0 amide bonds. The molecular weight excluding hydrogens is 236 g/mol. The molecule has 1 N–H and O–H groups in total. The molecule has 1 heterocycles. The molecule has 1 fully saturated rings. The van der Waals surface area contributed by atoms with E-state index in [0.717, 1.165) is 36.1 Å². The van der Waals surface area contributed by atoms with E-state index >= 15 is 0 Å². The Balaban J connectivity index is 2.29. The maximum absolute atomic E-state index is 11.2. The minimum Gasteiger partial charge on any atom is -0.433 e. The molecule has 1 aliphatic rings. The van der Waals surface area contributed by atoms with Gasteiger partial charge in [-0.15, -0.1) is 0 Å². The Bertz CT molecular complexity index is 284. The molecule has 0 aromatic rings. The Morgan fingerprint density at radius 3 is 2.88 bits per heavy atom. The normalized spacial score (nSPS) is 26.5. The maximum atomic E-state index is 11.2. The molecule has 0 saturated carbocycles. The first-order chi connectivity index (χ1) is 7.93. The summed E-state index contributed by atoms with van der Waals surface area (Å²) >= 11 is 0. The second kappa shape index (κ2) is 6.33. The van der Waals surface area contributed by atoms with Gasteiger partial charge in [-0.3, -0.25) is 0 Å². The van der Waals surface area contributed by atoms with E-state index in [1.54, 1.807) is 6.92 Å². The number of carbonyl (C=O) groups excluding carboxylic acids is 1. The summed E-state index contributed by atoms with van der Waals surface area (Å²) in [4.78, 5) is 11.2. The molecule has 0 radical (unpaired) electrons. The van der Waals surface area contributed by atoms with Gasteiger partial charge in [0.2, 0.25) is 6.29 Å². The zero-order valence-electron chi connectivity index (χ0n) is 10.7. The highest BCUT2D eigenvalue weighted by atomic mass is 28.1. The average Bonchev–Trinajstić information content (AvgIpc) is 2.27. The Morgan fingerprint density at radius 1 is 1.65 bits per heavy atom. The van der Waals surface area contributed by atoms with Crippen LogP contribution in [0.4, 0.5) is 0 Å². The van der Waals surface area contributed by atoms with Crippen LogP contribution in [0.2, 0.25) is 0 Å². The zero-order chi connectivity index (χ0) is 12.9. The molecule has 0 bridgehead atoms. The van der Waals surface area contributed by atoms with E-state index < -0.39 is 12.3 Å². The highest BCUT2D eigenvalue weighted by Crippen LogP contribution is 2.27.